The van der Waals surface area contributed by atoms with Crippen LogP contribution in [0, 0.1) is 5.41 Å². The summed E-state index contributed by atoms with van der Waals surface area (Å²) in [6.07, 6.45) is 7.02. The predicted molar refractivity (Wildman–Crippen MR) is 189 cm³/mol. The van der Waals surface area contributed by atoms with Crippen LogP contribution in [-0.4, -0.2) is 63.8 Å². The van der Waals surface area contributed by atoms with E-state index < -0.39 is 5.54 Å². The Morgan fingerprint density at radius 2 is 1.63 bits per heavy atom. The molecular formula is C38H45N7O4. The molecule has 11 heteroatoms. The van der Waals surface area contributed by atoms with Crippen LogP contribution in [0.15, 0.2) is 72.8 Å². The van der Waals surface area contributed by atoms with Gasteiger partial charge in [-0.25, -0.2) is 4.98 Å². The van der Waals surface area contributed by atoms with Gasteiger partial charge >= 0.3 is 5.97 Å². The first-order valence-electron chi connectivity index (χ1n) is 17.2. The molecule has 2 amide bonds. The lowest BCUT2D eigenvalue weighted by Gasteiger charge is -2.34. The molecule has 1 atom stereocenters. The van der Waals surface area contributed by atoms with Crippen LogP contribution < -0.4 is 16.0 Å². The van der Waals surface area contributed by atoms with Crippen molar-refractivity contribution >= 4 is 40.3 Å². The topological polar surface area (TPSA) is 141 Å². The number of ether oxygens (including phenoxy) is 1. The van der Waals surface area contributed by atoms with E-state index >= 15 is 0 Å². The molecule has 1 saturated carbocycles. The van der Waals surface area contributed by atoms with Gasteiger partial charge in [-0.3, -0.25) is 25.1 Å². The van der Waals surface area contributed by atoms with Gasteiger partial charge in [0, 0.05) is 37.0 Å². The highest BCUT2D eigenvalue weighted by Gasteiger charge is 2.40. The number of aromatic nitrogens is 2. The number of hydrogen-bond donors (Lipinski definition) is 4. The fourth-order valence-corrected chi connectivity index (χ4v) is 6.70. The Hall–Kier alpha value is -5.03. The maximum absolute atomic E-state index is 14.0. The van der Waals surface area contributed by atoms with E-state index in [9.17, 15) is 14.4 Å². The van der Waals surface area contributed by atoms with E-state index in [2.05, 4.69) is 16.0 Å². The summed E-state index contributed by atoms with van der Waals surface area (Å²) in [4.78, 5) is 46.1. The fraction of sp³-hybridized carbons (Fsp3) is 0.395. The van der Waals surface area contributed by atoms with Crippen molar-refractivity contribution in [2.24, 2.45) is 7.05 Å². The molecule has 2 heterocycles. The maximum Gasteiger partial charge on any atom is 0.320 e. The Morgan fingerprint density at radius 3 is 2.35 bits per heavy atom. The molecular weight excluding hydrogens is 618 g/mol. The molecule has 1 aromatic heterocycles. The Kier molecular flexibility index (Phi) is 10.4. The monoisotopic (exact) mass is 663 g/mol. The van der Waals surface area contributed by atoms with Gasteiger partial charge in [0.05, 0.1) is 24.1 Å². The molecule has 11 nitrogen and oxygen atoms in total. The Labute approximate surface area is 286 Å². The van der Waals surface area contributed by atoms with Crippen LogP contribution in [0.2, 0.25) is 0 Å². The molecule has 256 valence electrons. The van der Waals surface area contributed by atoms with Crippen molar-refractivity contribution in [2.45, 2.75) is 70.1 Å². The van der Waals surface area contributed by atoms with E-state index in [4.69, 9.17) is 15.1 Å². The number of fused-ring (bicyclic) bond motifs is 1. The van der Waals surface area contributed by atoms with E-state index in [1.165, 1.54) is 6.42 Å². The number of hydrogen-bond acceptors (Lipinski definition) is 8. The third-order valence-corrected chi connectivity index (χ3v) is 9.71. The van der Waals surface area contributed by atoms with Crippen LogP contribution >= 0.6 is 0 Å². The second kappa shape index (κ2) is 15.0. The number of benzene rings is 3. The lowest BCUT2D eigenvalue weighted by atomic mass is 9.89. The minimum atomic E-state index is -1.13. The predicted octanol–water partition coefficient (Wildman–Crippen LogP) is 5.24. The van der Waals surface area contributed by atoms with Gasteiger partial charge < -0.3 is 24.8 Å². The molecule has 0 radical (unpaired) electrons. The first kappa shape index (κ1) is 33.9. The number of amidine groups is 1. The average molecular weight is 664 g/mol. The summed E-state index contributed by atoms with van der Waals surface area (Å²) in [5, 5.41) is 17.7. The van der Waals surface area contributed by atoms with E-state index in [-0.39, 0.29) is 36.3 Å². The molecule has 4 aromatic rings. The number of aryl methyl sites for hydroxylation is 1. The highest BCUT2D eigenvalue weighted by Crippen LogP contribution is 2.29. The standard InChI is InChI=1S/C38H45N7O4/c1-38(37(48)45-21-9-10-22-45,41-25-34(46)49-30-13-7-4-8-14-30)28-17-20-32-31(23-28)42-33(44(32)2)24-40-29-18-15-26(16-19-29)35(39)43-36(47)27-11-5-3-6-12-27/h3,5-6,11-12,15-20,23,30,40-41H,4,7-10,13-14,21-22,24-25H2,1-2H3,(H2,39,43,47)/t38-/m1/s1. The van der Waals surface area contributed by atoms with Crippen LogP contribution in [-0.2, 0) is 33.5 Å². The number of amides is 2. The largest absolute Gasteiger partial charge is 0.461 e. The number of carbonyl (C=O) groups is 3. The van der Waals surface area contributed by atoms with Gasteiger partial charge in [0.1, 0.15) is 23.3 Å². The van der Waals surface area contributed by atoms with E-state index in [0.717, 1.165) is 66.6 Å². The zero-order valence-electron chi connectivity index (χ0n) is 28.3. The number of nitrogens with one attached hydrogen (secondary N) is 4. The Morgan fingerprint density at radius 1 is 0.918 bits per heavy atom. The molecule has 1 saturated heterocycles. The van der Waals surface area contributed by atoms with Gasteiger partial charge in [0.15, 0.2) is 0 Å². The third-order valence-electron chi connectivity index (χ3n) is 9.71. The molecule has 0 bridgehead atoms. The number of likely N-dealkylation sites (tertiary alicyclic amines) is 1. The molecule has 0 unspecified atom stereocenters. The molecule has 1 aliphatic carbocycles. The van der Waals surface area contributed by atoms with Crippen molar-refractivity contribution in [3.8, 4) is 0 Å². The van der Waals surface area contributed by atoms with Crippen molar-refractivity contribution in [1.82, 2.24) is 25.1 Å². The van der Waals surface area contributed by atoms with Crippen LogP contribution in [0.3, 0.4) is 0 Å². The van der Waals surface area contributed by atoms with Gasteiger partial charge in [0.2, 0.25) is 5.91 Å². The summed E-state index contributed by atoms with van der Waals surface area (Å²) >= 11 is 0. The normalized spacial score (nSPS) is 16.2. The smallest absolute Gasteiger partial charge is 0.320 e. The number of nitrogens with zero attached hydrogens (tertiary/aromatic N) is 3. The van der Waals surface area contributed by atoms with Crippen molar-refractivity contribution in [1.29, 1.82) is 5.41 Å². The van der Waals surface area contributed by atoms with Crippen molar-refractivity contribution in [3.63, 3.8) is 0 Å². The molecule has 6 rings (SSSR count). The van der Waals surface area contributed by atoms with Crippen LogP contribution in [0.25, 0.3) is 11.0 Å². The van der Waals surface area contributed by atoms with Crippen molar-refractivity contribution in [3.05, 3.63) is 95.3 Å². The summed E-state index contributed by atoms with van der Waals surface area (Å²) in [7, 11) is 1.96. The van der Waals surface area contributed by atoms with Crippen LogP contribution in [0.4, 0.5) is 5.69 Å². The maximum atomic E-state index is 14.0. The first-order valence-corrected chi connectivity index (χ1v) is 17.2. The highest BCUT2D eigenvalue weighted by molar-refractivity contribution is 6.11. The average Bonchev–Trinajstić information content (AvgIpc) is 3.78. The van der Waals surface area contributed by atoms with E-state index in [1.807, 2.05) is 59.8 Å². The molecule has 2 aliphatic rings. The van der Waals surface area contributed by atoms with E-state index in [1.54, 1.807) is 36.4 Å². The number of carbonyl (C=O) groups excluding carboxylic acids is 3. The molecule has 4 N–H and O–H groups in total. The Bertz CT molecular complexity index is 1810. The summed E-state index contributed by atoms with van der Waals surface area (Å²) in [5.74, 6) is 0.116. The van der Waals surface area contributed by atoms with Crippen molar-refractivity contribution in [2.75, 3.05) is 25.0 Å². The van der Waals surface area contributed by atoms with Crippen LogP contribution in [0.5, 0.6) is 0 Å². The third kappa shape index (κ3) is 7.83. The first-order chi connectivity index (χ1) is 23.7. The summed E-state index contributed by atoms with van der Waals surface area (Å²) in [5.41, 5.74) is 3.22. The summed E-state index contributed by atoms with van der Waals surface area (Å²) < 4.78 is 7.77. The molecule has 2 fully saturated rings. The van der Waals surface area contributed by atoms with E-state index in [0.29, 0.717) is 30.8 Å². The zero-order chi connectivity index (χ0) is 34.4. The van der Waals surface area contributed by atoms with Gasteiger partial charge in [-0.1, -0.05) is 30.7 Å². The molecule has 3 aromatic carbocycles. The number of esters is 1. The minimum absolute atomic E-state index is 0.0253. The lowest BCUT2D eigenvalue weighted by Crippen LogP contribution is -2.54. The molecule has 1 aliphatic heterocycles. The summed E-state index contributed by atoms with van der Waals surface area (Å²) in [6, 6.07) is 22.0. The van der Waals surface area contributed by atoms with Gasteiger partial charge in [-0.15, -0.1) is 0 Å². The molecule has 49 heavy (non-hydrogen) atoms. The van der Waals surface area contributed by atoms with Gasteiger partial charge in [-0.2, -0.15) is 0 Å². The van der Waals surface area contributed by atoms with Gasteiger partial charge in [0.25, 0.3) is 5.91 Å². The highest BCUT2D eigenvalue weighted by atomic mass is 16.5. The SMILES string of the molecule is Cn1c(CNc2ccc(C(=N)NC(=O)c3ccccc3)cc2)nc2cc([C@@](C)(NCC(=O)OC3CCCCC3)C(=O)N3CCCC3)ccc21. The number of imidazole rings is 1. The number of anilines is 1. The lowest BCUT2D eigenvalue weighted by molar-refractivity contribution is -0.150. The minimum Gasteiger partial charge on any atom is -0.461 e. The van der Waals surface area contributed by atoms with Crippen molar-refractivity contribution < 1.29 is 19.1 Å². The number of rotatable bonds is 11. The quantitative estimate of drug-likeness (QED) is 0.0977. The van der Waals surface area contributed by atoms with Crippen LogP contribution in [0.1, 0.15) is 79.2 Å². The summed E-state index contributed by atoms with van der Waals surface area (Å²) in [6.45, 7) is 3.64. The Balaban J connectivity index is 1.13. The fourth-order valence-electron chi connectivity index (χ4n) is 6.70. The second-order valence-corrected chi connectivity index (χ2v) is 13.1. The second-order valence-electron chi connectivity index (χ2n) is 13.1. The van der Waals surface area contributed by atoms with Gasteiger partial charge in [-0.05, 0) is 99.5 Å². The zero-order valence-corrected chi connectivity index (χ0v) is 28.3. The molecule has 0 spiro atoms.